The van der Waals surface area contributed by atoms with E-state index in [2.05, 4.69) is 30.9 Å². The number of halogens is 1. The highest BCUT2D eigenvalue weighted by atomic mass is 35.5. The fourth-order valence-corrected chi connectivity index (χ4v) is 5.58. The molecule has 2 amide bonds. The molecule has 1 atom stereocenters. The van der Waals surface area contributed by atoms with E-state index in [4.69, 9.17) is 26.2 Å². The Hall–Kier alpha value is -3.72. The number of carbonyl (C=O) groups excluding carboxylic acids is 2. The van der Waals surface area contributed by atoms with Crippen molar-refractivity contribution in [2.75, 3.05) is 53.0 Å². The van der Waals surface area contributed by atoms with E-state index < -0.39 is 0 Å². The second-order valence-corrected chi connectivity index (χ2v) is 11.1. The molecule has 1 unspecified atom stereocenters. The van der Waals surface area contributed by atoms with Gasteiger partial charge in [0.05, 0.1) is 32.1 Å². The first-order valence-corrected chi connectivity index (χ1v) is 14.7. The Morgan fingerprint density at radius 3 is 2.45 bits per heavy atom. The molecule has 2 heterocycles. The van der Waals surface area contributed by atoms with Crippen LogP contribution in [0.15, 0.2) is 71.8 Å². The molecule has 0 aromatic heterocycles. The lowest BCUT2D eigenvalue weighted by Gasteiger charge is -2.31. The molecule has 0 spiro atoms. The van der Waals surface area contributed by atoms with E-state index in [1.54, 1.807) is 36.3 Å². The Bertz CT molecular complexity index is 1450. The van der Waals surface area contributed by atoms with Crippen LogP contribution < -0.4 is 4.74 Å². The Morgan fingerprint density at radius 1 is 1.02 bits per heavy atom. The minimum atomic E-state index is -0.375. The van der Waals surface area contributed by atoms with Crippen LogP contribution in [0.2, 0.25) is 5.02 Å². The maximum absolute atomic E-state index is 14.1. The van der Waals surface area contributed by atoms with Crippen LogP contribution in [0.5, 0.6) is 5.75 Å². The van der Waals surface area contributed by atoms with Gasteiger partial charge in [0.2, 0.25) is 0 Å². The molecule has 0 N–H and O–H groups in total. The monoisotopic (exact) mass is 588 g/mol. The summed E-state index contributed by atoms with van der Waals surface area (Å²) < 4.78 is 10.7. The molecule has 0 radical (unpaired) electrons. The normalized spacial score (nSPS) is 17.2. The van der Waals surface area contributed by atoms with Gasteiger partial charge in [-0.3, -0.25) is 14.5 Å². The van der Waals surface area contributed by atoms with Crippen LogP contribution >= 0.6 is 11.6 Å². The zero-order valence-electron chi connectivity index (χ0n) is 24.4. The smallest absolute Gasteiger partial charge is 0.262 e. The Balaban J connectivity index is 1.43. The van der Waals surface area contributed by atoms with Gasteiger partial charge in [0, 0.05) is 43.2 Å². The standard InChI is InChI=1S/C33H37ClN4O4/c1-23-8-9-26(20-24(23)2)30-21-31(28-6-4-5-7-29(28)34)38(35-30)32(39)22-37(15-14-36-16-18-42-19-17-36)33(40)25-10-12-27(41-3)13-11-25/h4-13,20,31H,14-19,21-22H2,1-3H3. The summed E-state index contributed by atoms with van der Waals surface area (Å²) in [4.78, 5) is 31.7. The van der Waals surface area contributed by atoms with Gasteiger partial charge in [-0.15, -0.1) is 0 Å². The van der Waals surface area contributed by atoms with Crippen molar-refractivity contribution in [3.8, 4) is 5.75 Å². The van der Waals surface area contributed by atoms with Gasteiger partial charge in [-0.1, -0.05) is 41.9 Å². The average Bonchev–Trinajstić information content (AvgIpc) is 3.46. The number of ether oxygens (including phenoxy) is 2. The highest BCUT2D eigenvalue weighted by Gasteiger charge is 2.35. The molecule has 0 bridgehead atoms. The number of benzene rings is 3. The third kappa shape index (κ3) is 6.84. The van der Waals surface area contributed by atoms with E-state index in [-0.39, 0.29) is 24.4 Å². The minimum absolute atomic E-state index is 0.111. The summed E-state index contributed by atoms with van der Waals surface area (Å²) in [5.41, 5.74) is 5.47. The number of hydrazone groups is 1. The highest BCUT2D eigenvalue weighted by molar-refractivity contribution is 6.31. The summed E-state index contributed by atoms with van der Waals surface area (Å²) in [5.74, 6) is 0.184. The Morgan fingerprint density at radius 2 is 1.76 bits per heavy atom. The molecule has 220 valence electrons. The van der Waals surface area contributed by atoms with Crippen molar-refractivity contribution < 1.29 is 19.1 Å². The zero-order valence-corrected chi connectivity index (χ0v) is 25.1. The predicted octanol–water partition coefficient (Wildman–Crippen LogP) is 5.12. The second kappa shape index (κ2) is 13.5. The van der Waals surface area contributed by atoms with Crippen molar-refractivity contribution in [3.63, 3.8) is 0 Å². The Labute approximate surface area is 252 Å². The van der Waals surface area contributed by atoms with Crippen molar-refractivity contribution in [1.29, 1.82) is 0 Å². The lowest BCUT2D eigenvalue weighted by atomic mass is 9.96. The molecule has 2 aliphatic heterocycles. The number of amides is 2. The van der Waals surface area contributed by atoms with Crippen LogP contribution in [0.4, 0.5) is 0 Å². The number of morpholine rings is 1. The van der Waals surface area contributed by atoms with Gasteiger partial charge in [0.1, 0.15) is 12.3 Å². The van der Waals surface area contributed by atoms with Crippen LogP contribution in [-0.4, -0.2) is 85.4 Å². The van der Waals surface area contributed by atoms with Crippen LogP contribution in [0.3, 0.4) is 0 Å². The number of carbonyl (C=O) groups is 2. The van der Waals surface area contributed by atoms with E-state index >= 15 is 0 Å². The van der Waals surface area contributed by atoms with Crippen molar-refractivity contribution in [2.24, 2.45) is 5.10 Å². The number of rotatable bonds is 9. The van der Waals surface area contributed by atoms with Gasteiger partial charge in [0.25, 0.3) is 11.8 Å². The summed E-state index contributed by atoms with van der Waals surface area (Å²) >= 11 is 6.63. The summed E-state index contributed by atoms with van der Waals surface area (Å²) in [6.07, 6.45) is 0.526. The van der Waals surface area contributed by atoms with Gasteiger partial charge < -0.3 is 14.4 Å². The van der Waals surface area contributed by atoms with Crippen molar-refractivity contribution in [1.82, 2.24) is 14.8 Å². The van der Waals surface area contributed by atoms with Gasteiger partial charge in [-0.05, 0) is 72.5 Å². The summed E-state index contributed by atoms with van der Waals surface area (Å²) in [5, 5.41) is 6.95. The van der Waals surface area contributed by atoms with E-state index in [9.17, 15) is 9.59 Å². The molecule has 2 aliphatic rings. The highest BCUT2D eigenvalue weighted by Crippen LogP contribution is 2.36. The van der Waals surface area contributed by atoms with E-state index in [1.807, 2.05) is 30.3 Å². The van der Waals surface area contributed by atoms with E-state index in [0.29, 0.717) is 49.1 Å². The first kappa shape index (κ1) is 29.8. The van der Waals surface area contributed by atoms with Crippen LogP contribution in [-0.2, 0) is 9.53 Å². The zero-order chi connectivity index (χ0) is 29.6. The van der Waals surface area contributed by atoms with Crippen LogP contribution in [0.1, 0.15) is 45.1 Å². The lowest BCUT2D eigenvalue weighted by molar-refractivity contribution is -0.133. The maximum atomic E-state index is 14.1. The number of nitrogens with zero attached hydrogens (tertiary/aromatic N) is 4. The largest absolute Gasteiger partial charge is 0.497 e. The molecule has 0 saturated carbocycles. The van der Waals surface area contributed by atoms with Crippen molar-refractivity contribution in [2.45, 2.75) is 26.3 Å². The minimum Gasteiger partial charge on any atom is -0.497 e. The molecule has 42 heavy (non-hydrogen) atoms. The van der Waals surface area contributed by atoms with E-state index in [1.165, 1.54) is 10.6 Å². The fraction of sp³-hybridized carbons (Fsp3) is 0.364. The second-order valence-electron chi connectivity index (χ2n) is 10.7. The van der Waals surface area contributed by atoms with Crippen LogP contribution in [0.25, 0.3) is 0 Å². The number of aryl methyl sites for hydroxylation is 2. The molecule has 9 heteroatoms. The van der Waals surface area contributed by atoms with Crippen LogP contribution in [0, 0.1) is 13.8 Å². The Kier molecular flexibility index (Phi) is 9.57. The summed E-state index contributed by atoms with van der Waals surface area (Å²) in [6.45, 7) is 7.98. The molecular formula is C33H37ClN4O4. The van der Waals surface area contributed by atoms with Crippen molar-refractivity contribution >= 4 is 29.1 Å². The average molecular weight is 589 g/mol. The SMILES string of the molecule is COc1ccc(C(=O)N(CCN2CCOCC2)CC(=O)N2N=C(c3ccc(C)c(C)c3)CC2c2ccccc2Cl)cc1. The topological polar surface area (TPSA) is 74.7 Å². The third-order valence-electron chi connectivity index (χ3n) is 8.01. The maximum Gasteiger partial charge on any atom is 0.262 e. The number of hydrogen-bond acceptors (Lipinski definition) is 6. The number of methoxy groups -OCH3 is 1. The lowest BCUT2D eigenvalue weighted by Crippen LogP contribution is -2.46. The molecule has 8 nitrogen and oxygen atoms in total. The first-order valence-electron chi connectivity index (χ1n) is 14.3. The first-order chi connectivity index (χ1) is 20.3. The van der Waals surface area contributed by atoms with Crippen molar-refractivity contribution in [3.05, 3.63) is 99.6 Å². The van der Waals surface area contributed by atoms with Gasteiger partial charge in [-0.2, -0.15) is 5.10 Å². The van der Waals surface area contributed by atoms with E-state index in [0.717, 1.165) is 35.5 Å². The summed E-state index contributed by atoms with van der Waals surface area (Å²) in [7, 11) is 1.59. The van der Waals surface area contributed by atoms with Gasteiger partial charge in [-0.25, -0.2) is 5.01 Å². The number of hydrogen-bond donors (Lipinski definition) is 0. The quantitative estimate of drug-likeness (QED) is 0.347. The van der Waals surface area contributed by atoms with Gasteiger partial charge >= 0.3 is 0 Å². The molecule has 5 rings (SSSR count). The molecular weight excluding hydrogens is 552 g/mol. The predicted molar refractivity (Wildman–Crippen MR) is 164 cm³/mol. The molecule has 3 aromatic carbocycles. The van der Waals surface area contributed by atoms with Gasteiger partial charge in [0.15, 0.2) is 0 Å². The fourth-order valence-electron chi connectivity index (χ4n) is 5.31. The summed E-state index contributed by atoms with van der Waals surface area (Å²) in [6, 6.07) is 20.4. The third-order valence-corrected chi connectivity index (χ3v) is 8.35. The molecule has 1 saturated heterocycles. The molecule has 0 aliphatic carbocycles. The molecule has 3 aromatic rings. The molecule has 1 fully saturated rings.